The molecule has 14 N–H and O–H groups in total. The molecule has 766 valence electrons. The van der Waals surface area contributed by atoms with Gasteiger partial charge in [-0.1, -0.05) is 310 Å². The third-order valence-corrected chi connectivity index (χ3v) is 26.4. The first-order valence-electron chi connectivity index (χ1n) is 48.4. The second kappa shape index (κ2) is 55.6. The van der Waals surface area contributed by atoms with Crippen LogP contribution in [0.1, 0.15) is 206 Å². The molecular formula is C106H130N16O20S2. The first-order valence-corrected chi connectivity index (χ1v) is 52.5. The molecule has 0 aromatic heterocycles. The van der Waals surface area contributed by atoms with Crippen molar-refractivity contribution in [2.24, 2.45) is 28.0 Å². The van der Waals surface area contributed by atoms with E-state index in [0.717, 1.165) is 95.5 Å². The van der Waals surface area contributed by atoms with Gasteiger partial charge in [0.15, 0.2) is 11.6 Å². The van der Waals surface area contributed by atoms with E-state index in [1.54, 1.807) is 74.5 Å². The Morgan fingerprint density at radius 1 is 0.361 bits per heavy atom. The third kappa shape index (κ3) is 34.8. The molecule has 14 amide bonds. The summed E-state index contributed by atoms with van der Waals surface area (Å²) in [6.45, 7) is 8.57. The Hall–Kier alpha value is -14.8. The van der Waals surface area contributed by atoms with Gasteiger partial charge < -0.3 is 73.3 Å². The van der Waals surface area contributed by atoms with Crippen molar-refractivity contribution in [2.75, 3.05) is 50.3 Å². The van der Waals surface area contributed by atoms with E-state index in [9.17, 15) is 84.0 Å². The predicted octanol–water partition coefficient (Wildman–Crippen LogP) is 10.4. The summed E-state index contributed by atoms with van der Waals surface area (Å²) in [5.41, 5.74) is 11.8. The van der Waals surface area contributed by atoms with Crippen LogP contribution in [0.2, 0.25) is 0 Å². The van der Waals surface area contributed by atoms with Crippen LogP contribution >= 0.6 is 0 Å². The minimum absolute atomic E-state index is 0.00184. The number of ketones is 2. The molecule has 144 heavy (non-hydrogen) atoms. The van der Waals surface area contributed by atoms with Gasteiger partial charge in [0.1, 0.15) is 74.0 Å². The number of ether oxygens (including phenoxy) is 2. The maximum atomic E-state index is 14.5. The van der Waals surface area contributed by atoms with Crippen LogP contribution < -0.4 is 74.7 Å². The summed E-state index contributed by atoms with van der Waals surface area (Å²) in [6, 6.07) is 55.6. The van der Waals surface area contributed by atoms with E-state index in [0.29, 0.717) is 49.7 Å². The molecule has 2 fully saturated rings. The minimum Gasteiger partial charge on any atom is -0.449 e. The zero-order chi connectivity index (χ0) is 104. The van der Waals surface area contributed by atoms with Crippen molar-refractivity contribution in [3.05, 3.63) is 275 Å². The Morgan fingerprint density at radius 3 is 0.979 bits per heavy atom. The van der Waals surface area contributed by atoms with E-state index in [4.69, 9.17) is 9.47 Å². The van der Waals surface area contributed by atoms with Crippen LogP contribution in [0.5, 0.6) is 0 Å². The van der Waals surface area contributed by atoms with Crippen LogP contribution in [0, 0.1) is 17.8 Å². The number of Topliss-reactive ketones (excluding diaryl/α,β-unsaturated/α-hetero) is 2. The van der Waals surface area contributed by atoms with Crippen LogP contribution in [-0.4, -0.2) is 198 Å². The molecule has 3 aliphatic rings. The van der Waals surface area contributed by atoms with E-state index in [1.165, 1.54) is 13.8 Å². The molecule has 8 aromatic carbocycles. The maximum absolute atomic E-state index is 14.5. The molecule has 2 saturated carbocycles. The van der Waals surface area contributed by atoms with Crippen molar-refractivity contribution in [2.45, 2.75) is 198 Å². The Kier molecular flexibility index (Phi) is 42.9. The van der Waals surface area contributed by atoms with Gasteiger partial charge >= 0.3 is 24.2 Å². The molecule has 0 spiro atoms. The lowest BCUT2D eigenvalue weighted by molar-refractivity contribution is -0.130. The quantitative estimate of drug-likeness (QED) is 0.0124. The number of rotatable bonds is 46. The largest absolute Gasteiger partial charge is 0.449 e. The Morgan fingerprint density at radius 2 is 0.667 bits per heavy atom. The van der Waals surface area contributed by atoms with E-state index in [1.807, 2.05) is 184 Å². The second-order valence-electron chi connectivity index (χ2n) is 36.4. The summed E-state index contributed by atoms with van der Waals surface area (Å²) < 4.78 is 62.7. The number of nitrogens with zero attached hydrogens (tertiary/aromatic N) is 2. The lowest BCUT2D eigenvalue weighted by Gasteiger charge is -2.31. The van der Waals surface area contributed by atoms with Crippen LogP contribution in [0.15, 0.2) is 241 Å². The smallest absolute Gasteiger partial charge is 0.407 e. The average molecular weight is 2010 g/mol. The number of hydrogen-bond donors (Lipinski definition) is 14. The molecule has 0 bridgehead atoms. The molecule has 0 unspecified atom stereocenters. The lowest BCUT2D eigenvalue weighted by atomic mass is 9.83. The van der Waals surface area contributed by atoms with Crippen molar-refractivity contribution in [1.29, 1.82) is 0 Å². The molecule has 0 saturated heterocycles. The number of amides is 14. The summed E-state index contributed by atoms with van der Waals surface area (Å²) in [5.74, 6) is -10.5. The lowest BCUT2D eigenvalue weighted by Crippen LogP contribution is -2.60. The van der Waals surface area contributed by atoms with Crippen LogP contribution in [0.3, 0.4) is 0 Å². The average Bonchev–Trinajstić information content (AvgIpc) is 1.61. The van der Waals surface area contributed by atoms with Crippen molar-refractivity contribution in [3.63, 3.8) is 0 Å². The van der Waals surface area contributed by atoms with E-state index in [-0.39, 0.29) is 61.3 Å². The number of alkyl carbamates (subject to hydrolysis) is 2. The zero-order valence-corrected chi connectivity index (χ0v) is 83.7. The first kappa shape index (κ1) is 111. The van der Waals surface area contributed by atoms with Crippen molar-refractivity contribution in [3.8, 4) is 11.1 Å². The molecular weight excluding hydrogens is 1880 g/mol. The standard InChI is InChI=1S/C58H66N8O10S.C48H64N8O10S/c1-4-21-47(53(55(70)59-34-49(68)62-50(37(2)67)38-22-9-5-10-23-38)65-66-57(72)63-51(39-24-11-6-12-25-39)40-26-13-7-14-27-40)60-54(69)48(36-77(3,74)75)61-56(71)52(41-28-15-8-16-29-41)64-58(73)76-35-46-44-32-19-17-30-42(44)43-31-18-20-33-45(43)46;1-6-19-37(50-44(59)38(30-67(5,64)65)51-46(61)42(36-26-17-10-18-27-36)54-48(63)66-29-31(2)3)43(45(60)49-28-39(58)52-40(32(4)57)33-20-11-7-12-21-33)55-56-47(62)53-41(34-22-13-8-14-23-34)35-24-15-9-16-25-35/h5-7,9-14,17-20,22-27,30-33,41,46-48,50-52H,4,8,15-16,21,28-29,34-36H2,1-3H3,(H,59,70)(H,60,69)(H,61,71)(H,62,68)(H,64,73)(H2,63,66,72);7-9,11-16,20-25,31,36-38,40-42H,6,10,17-19,26-30H2,1-5H3,(H,49,60)(H,50,59)(H,51,61)(H,52,58)(H,54,63)(H2,53,56,62)/t47-,48-,50+,52-;37-,38-,40+,42-/m00/s1. The molecule has 11 rings (SSSR count). The topological polar surface area (TPSA) is 519 Å². The number of urea groups is 2. The zero-order valence-electron chi connectivity index (χ0n) is 82.0. The predicted molar refractivity (Wildman–Crippen MR) is 545 cm³/mol. The molecule has 0 heterocycles. The van der Waals surface area contributed by atoms with Gasteiger partial charge in [0.2, 0.25) is 35.4 Å². The molecule has 0 radical (unpaired) electrons. The number of fused-ring (bicyclic) bond motifs is 3. The second-order valence-corrected chi connectivity index (χ2v) is 40.8. The van der Waals surface area contributed by atoms with E-state index < -0.39 is 188 Å². The van der Waals surface area contributed by atoms with Gasteiger partial charge in [0.25, 0.3) is 11.8 Å². The summed E-state index contributed by atoms with van der Waals surface area (Å²) in [7, 11) is -7.96. The number of sulfone groups is 2. The van der Waals surface area contributed by atoms with Gasteiger partial charge in [-0.2, -0.15) is 10.2 Å². The Bertz CT molecular complexity index is 5900. The van der Waals surface area contributed by atoms with Crippen LogP contribution in [0.25, 0.3) is 11.1 Å². The number of carbonyl (C=O) groups is 14. The highest BCUT2D eigenvalue weighted by molar-refractivity contribution is 7.91. The molecule has 36 nitrogen and oxygen atoms in total. The van der Waals surface area contributed by atoms with Crippen LogP contribution in [0.4, 0.5) is 19.2 Å². The van der Waals surface area contributed by atoms with E-state index >= 15 is 0 Å². The number of carbonyl (C=O) groups excluding carboxylic acids is 14. The third-order valence-electron chi connectivity index (χ3n) is 24.5. The summed E-state index contributed by atoms with van der Waals surface area (Å²) >= 11 is 0. The molecule has 8 aromatic rings. The fourth-order valence-corrected chi connectivity index (χ4v) is 19.2. The number of nitrogens with one attached hydrogen (secondary N) is 14. The SMILES string of the molecule is CCC[C@H](NC(=O)[C@H](CS(C)(=O)=O)NC(=O)[C@@H](NC(=O)OCC(C)C)C1CCCCC1)C(=NNC(=O)NC(c1ccccc1)c1ccccc1)C(=O)NCC(=O)N[C@H](C(C)=O)c1ccccc1.CCC[C@H](NC(=O)[C@H](CS(C)(=O)=O)NC(=O)[C@@H](NC(=O)OCC1c2ccccc2-c2ccccc21)C1CCCCC1)C(=NNC(=O)NC(c1ccccc1)c1ccccc1)C(=O)NCC(=O)N[C@H](C(C)=O)c1ccccc1. The first-order chi connectivity index (χ1) is 69.0. The maximum Gasteiger partial charge on any atom is 0.407 e. The van der Waals surface area contributed by atoms with Gasteiger partial charge in [0, 0.05) is 18.4 Å². The molecule has 3 aliphatic carbocycles. The number of benzene rings is 8. The van der Waals surface area contributed by atoms with Gasteiger partial charge in [-0.25, -0.2) is 46.9 Å². The normalized spacial score (nSPS) is 15.0. The minimum atomic E-state index is -4.00. The van der Waals surface area contributed by atoms with Gasteiger partial charge in [-0.05, 0) is 126 Å². The number of hydrogen-bond acceptors (Lipinski definition) is 22. The van der Waals surface area contributed by atoms with Gasteiger partial charge in [-0.15, -0.1) is 0 Å². The fraction of sp³-hybridized carbons (Fsp3) is 0.396. The van der Waals surface area contributed by atoms with Gasteiger partial charge in [0.05, 0.1) is 55.4 Å². The summed E-state index contributed by atoms with van der Waals surface area (Å²) in [5, 5.41) is 40.1. The van der Waals surface area contributed by atoms with Crippen molar-refractivity contribution < 1.29 is 93.4 Å². The summed E-state index contributed by atoms with van der Waals surface area (Å²) in [6.07, 6.45) is 8.04. The molecule has 38 heteroatoms. The Labute approximate surface area is 839 Å². The number of hydrazone groups is 2. The molecule has 8 atom stereocenters. The molecule has 0 aliphatic heterocycles. The van der Waals surface area contributed by atoms with Gasteiger partial charge in [-0.3, -0.25) is 47.9 Å². The van der Waals surface area contributed by atoms with Crippen LogP contribution in [-0.2, 0) is 77.1 Å². The van der Waals surface area contributed by atoms with Crippen molar-refractivity contribution in [1.82, 2.24) is 74.7 Å². The summed E-state index contributed by atoms with van der Waals surface area (Å²) in [4.78, 5) is 191. The van der Waals surface area contributed by atoms with Crippen molar-refractivity contribution >= 4 is 114 Å². The highest BCUT2D eigenvalue weighted by atomic mass is 32.2. The highest BCUT2D eigenvalue weighted by Gasteiger charge is 2.41. The van der Waals surface area contributed by atoms with E-state index in [2.05, 4.69) is 84.9 Å². The monoisotopic (exact) mass is 2010 g/mol. The Balaban J connectivity index is 0.000000299. The fourth-order valence-electron chi connectivity index (χ4n) is 17.6. The highest BCUT2D eigenvalue weighted by Crippen LogP contribution is 2.45.